The number of para-hydroxylation sites is 1. The van der Waals surface area contributed by atoms with Crippen LogP contribution in [0.2, 0.25) is 0 Å². The number of hydrogen-bond acceptors (Lipinski definition) is 5. The molecule has 2 N–H and O–H groups in total. The lowest BCUT2D eigenvalue weighted by Crippen LogP contribution is -2.32. The molecule has 1 atom stereocenters. The fraction of sp³-hybridized carbons (Fsp3) is 0.333. The van der Waals surface area contributed by atoms with Crippen LogP contribution in [0.3, 0.4) is 0 Å². The Kier molecular flexibility index (Phi) is 8.29. The monoisotopic (exact) mass is 436 g/mol. The number of nitrogens with one attached hydrogen (secondary N) is 2. The number of carbonyl (C=O) groups excluding carboxylic acids is 2. The van der Waals surface area contributed by atoms with Gasteiger partial charge in [0.1, 0.15) is 5.01 Å². The van der Waals surface area contributed by atoms with Gasteiger partial charge in [0.25, 0.3) is 5.91 Å². The molecule has 0 radical (unpaired) electrons. The van der Waals surface area contributed by atoms with Gasteiger partial charge < -0.3 is 10.6 Å². The van der Waals surface area contributed by atoms with E-state index in [2.05, 4.69) is 33.0 Å². The second-order valence-corrected chi connectivity index (χ2v) is 8.68. The van der Waals surface area contributed by atoms with Crippen molar-refractivity contribution in [1.82, 2.24) is 15.5 Å². The van der Waals surface area contributed by atoms with Gasteiger partial charge in [-0.3, -0.25) is 9.59 Å². The molecule has 2 amide bonds. The lowest BCUT2D eigenvalue weighted by Gasteiger charge is -2.13. The second-order valence-electron chi connectivity index (χ2n) is 7.62. The van der Waals surface area contributed by atoms with Gasteiger partial charge in [-0.25, -0.2) is 0 Å². The maximum atomic E-state index is 12.4. The molecule has 0 bridgehead atoms. The number of nitrogens with zero attached hydrogens (tertiary/aromatic N) is 2. The summed E-state index contributed by atoms with van der Waals surface area (Å²) >= 11 is 1.27. The number of aryl methyl sites for hydroxylation is 3. The minimum absolute atomic E-state index is 0.0441. The van der Waals surface area contributed by atoms with E-state index in [1.807, 2.05) is 56.3 Å². The first kappa shape index (κ1) is 22.6. The Morgan fingerprint density at radius 1 is 1.00 bits per heavy atom. The molecule has 7 heteroatoms. The Hall–Kier alpha value is -3.06. The van der Waals surface area contributed by atoms with Crippen molar-refractivity contribution in [1.29, 1.82) is 0 Å². The van der Waals surface area contributed by atoms with E-state index in [1.165, 1.54) is 16.9 Å². The van der Waals surface area contributed by atoms with E-state index in [-0.39, 0.29) is 17.9 Å². The van der Waals surface area contributed by atoms with Crippen molar-refractivity contribution in [3.8, 4) is 0 Å². The normalized spacial score (nSPS) is 11.7. The summed E-state index contributed by atoms with van der Waals surface area (Å²) in [6, 6.07) is 18.0. The molecule has 3 aromatic rings. The van der Waals surface area contributed by atoms with Crippen molar-refractivity contribution in [2.45, 2.75) is 52.0 Å². The summed E-state index contributed by atoms with van der Waals surface area (Å²) in [7, 11) is 0. The Bertz CT molecular complexity index is 1000. The molecule has 0 spiro atoms. The number of aromatic nitrogens is 2. The topological polar surface area (TPSA) is 84.0 Å². The number of anilines is 1. The van der Waals surface area contributed by atoms with Gasteiger partial charge in [0.15, 0.2) is 0 Å². The highest BCUT2D eigenvalue weighted by Gasteiger charge is 2.14. The van der Waals surface area contributed by atoms with Crippen molar-refractivity contribution in [2.75, 3.05) is 5.32 Å². The highest BCUT2D eigenvalue weighted by molar-refractivity contribution is 7.13. The van der Waals surface area contributed by atoms with Crippen LogP contribution in [0.15, 0.2) is 54.6 Å². The van der Waals surface area contributed by atoms with Crippen LogP contribution >= 0.6 is 11.3 Å². The predicted octanol–water partition coefficient (Wildman–Crippen LogP) is 4.56. The van der Waals surface area contributed by atoms with E-state index < -0.39 is 0 Å². The summed E-state index contributed by atoms with van der Waals surface area (Å²) < 4.78 is 0. The van der Waals surface area contributed by atoms with Crippen LogP contribution in [0.1, 0.15) is 52.1 Å². The molecular formula is C24H28N4O2S. The smallest absolute Gasteiger partial charge is 0.286 e. The Morgan fingerprint density at radius 3 is 2.52 bits per heavy atom. The fourth-order valence-electron chi connectivity index (χ4n) is 3.18. The van der Waals surface area contributed by atoms with E-state index in [0.29, 0.717) is 24.3 Å². The maximum absolute atomic E-state index is 12.4. The number of hydrogen-bond donors (Lipinski definition) is 2. The molecule has 0 aliphatic heterocycles. The maximum Gasteiger partial charge on any atom is 0.286 e. The van der Waals surface area contributed by atoms with E-state index in [0.717, 1.165) is 29.1 Å². The van der Waals surface area contributed by atoms with Crippen LogP contribution in [-0.4, -0.2) is 28.1 Å². The molecule has 31 heavy (non-hydrogen) atoms. The Balaban J connectivity index is 1.37. The highest BCUT2D eigenvalue weighted by Crippen LogP contribution is 2.17. The number of carbonyl (C=O) groups is 2. The van der Waals surface area contributed by atoms with Crippen LogP contribution in [0.25, 0.3) is 0 Å². The van der Waals surface area contributed by atoms with Crippen LogP contribution in [-0.2, 0) is 17.6 Å². The largest absolute Gasteiger partial charge is 0.354 e. The number of benzene rings is 2. The standard InChI is InChI=1S/C24H28N4O2S/c1-17-9-6-7-12-20(17)26-23(30)24-28-27-22(31-24)14-8-13-21(29)25-18(2)15-16-19-10-4-3-5-11-19/h3-7,9-12,18H,8,13-16H2,1-2H3,(H,25,29)(H,26,30)/t18-/m1/s1. The van der Waals surface area contributed by atoms with Gasteiger partial charge >= 0.3 is 0 Å². The fourth-order valence-corrected chi connectivity index (χ4v) is 3.96. The van der Waals surface area contributed by atoms with Crippen molar-refractivity contribution in [3.63, 3.8) is 0 Å². The van der Waals surface area contributed by atoms with Gasteiger partial charge in [-0.05, 0) is 50.3 Å². The third kappa shape index (κ3) is 7.29. The summed E-state index contributed by atoms with van der Waals surface area (Å²) in [6.07, 6.45) is 3.58. The summed E-state index contributed by atoms with van der Waals surface area (Å²) in [4.78, 5) is 24.6. The third-order valence-electron chi connectivity index (χ3n) is 4.97. The molecular weight excluding hydrogens is 408 g/mol. The van der Waals surface area contributed by atoms with Crippen molar-refractivity contribution < 1.29 is 9.59 Å². The molecule has 162 valence electrons. The van der Waals surface area contributed by atoms with Gasteiger partial charge in [0.05, 0.1) is 0 Å². The van der Waals surface area contributed by atoms with Crippen LogP contribution < -0.4 is 10.6 Å². The minimum atomic E-state index is -0.261. The second kappa shape index (κ2) is 11.4. The minimum Gasteiger partial charge on any atom is -0.354 e. The predicted molar refractivity (Wildman–Crippen MR) is 124 cm³/mol. The van der Waals surface area contributed by atoms with Crippen LogP contribution in [0.5, 0.6) is 0 Å². The molecule has 0 aliphatic rings. The SMILES string of the molecule is Cc1ccccc1NC(=O)c1nnc(CCCC(=O)N[C@H](C)CCc2ccccc2)s1. The summed E-state index contributed by atoms with van der Waals surface area (Å²) in [5, 5.41) is 15.1. The van der Waals surface area contributed by atoms with E-state index in [4.69, 9.17) is 0 Å². The van der Waals surface area contributed by atoms with Crippen molar-refractivity contribution in [3.05, 3.63) is 75.7 Å². The van der Waals surface area contributed by atoms with Gasteiger partial charge in [0.2, 0.25) is 10.9 Å². The summed E-state index contributed by atoms with van der Waals surface area (Å²) in [6.45, 7) is 3.97. The zero-order valence-electron chi connectivity index (χ0n) is 17.9. The molecule has 1 aromatic heterocycles. The van der Waals surface area contributed by atoms with Gasteiger partial charge in [-0.2, -0.15) is 0 Å². The summed E-state index contributed by atoms with van der Waals surface area (Å²) in [5.74, 6) is -0.217. The van der Waals surface area contributed by atoms with E-state index in [1.54, 1.807) is 0 Å². The van der Waals surface area contributed by atoms with Gasteiger partial charge in [-0.1, -0.05) is 59.9 Å². The molecule has 0 fully saturated rings. The van der Waals surface area contributed by atoms with Gasteiger partial charge in [-0.15, -0.1) is 10.2 Å². The molecule has 0 saturated heterocycles. The quantitative estimate of drug-likeness (QED) is 0.488. The first-order valence-corrected chi connectivity index (χ1v) is 11.4. The van der Waals surface area contributed by atoms with Crippen molar-refractivity contribution in [2.24, 2.45) is 0 Å². The zero-order valence-corrected chi connectivity index (χ0v) is 18.7. The number of amides is 2. The number of rotatable bonds is 10. The lowest BCUT2D eigenvalue weighted by atomic mass is 10.1. The molecule has 0 unspecified atom stereocenters. The first-order valence-electron chi connectivity index (χ1n) is 10.5. The molecule has 2 aromatic carbocycles. The molecule has 0 aliphatic carbocycles. The van der Waals surface area contributed by atoms with Crippen molar-refractivity contribution >= 4 is 28.8 Å². The first-order chi connectivity index (χ1) is 15.0. The molecule has 1 heterocycles. The molecule has 3 rings (SSSR count). The van der Waals surface area contributed by atoms with E-state index >= 15 is 0 Å². The van der Waals surface area contributed by atoms with Crippen LogP contribution in [0, 0.1) is 6.92 Å². The molecule has 6 nitrogen and oxygen atoms in total. The van der Waals surface area contributed by atoms with E-state index in [9.17, 15) is 9.59 Å². The molecule has 0 saturated carbocycles. The average molecular weight is 437 g/mol. The van der Waals surface area contributed by atoms with Gasteiger partial charge in [0, 0.05) is 24.6 Å². The Morgan fingerprint density at radius 2 is 1.74 bits per heavy atom. The third-order valence-corrected chi connectivity index (χ3v) is 5.95. The average Bonchev–Trinajstić information content (AvgIpc) is 3.24. The summed E-state index contributed by atoms with van der Waals surface area (Å²) in [5.41, 5.74) is 3.04. The highest BCUT2D eigenvalue weighted by atomic mass is 32.1. The Labute approximate surface area is 187 Å². The van der Waals surface area contributed by atoms with Crippen LogP contribution in [0.4, 0.5) is 5.69 Å². The zero-order chi connectivity index (χ0) is 22.1. The lowest BCUT2D eigenvalue weighted by molar-refractivity contribution is -0.121.